The van der Waals surface area contributed by atoms with Crippen LogP contribution in [0.4, 0.5) is 5.69 Å². The van der Waals surface area contributed by atoms with Crippen LogP contribution in [0.15, 0.2) is 24.5 Å². The van der Waals surface area contributed by atoms with Gasteiger partial charge in [0.25, 0.3) is 0 Å². The first kappa shape index (κ1) is 7.79. The van der Waals surface area contributed by atoms with Crippen LogP contribution in [0.2, 0.25) is 0 Å². The topological polar surface area (TPSA) is 67.6 Å². The summed E-state index contributed by atoms with van der Waals surface area (Å²) in [6, 6.07) is 3.69. The molecule has 4 heteroatoms. The highest BCUT2D eigenvalue weighted by atomic mass is 15.1. The van der Waals surface area contributed by atoms with Crippen LogP contribution in [0.25, 0.3) is 11.4 Å². The molecule has 4 nitrogen and oxygen atoms in total. The number of anilines is 1. The van der Waals surface area contributed by atoms with Crippen LogP contribution in [-0.2, 0) is 0 Å². The van der Waals surface area contributed by atoms with Gasteiger partial charge in [0.1, 0.15) is 0 Å². The van der Waals surface area contributed by atoms with Crippen molar-refractivity contribution in [2.24, 2.45) is 0 Å². The molecule has 66 valence electrons. The molecule has 0 aliphatic rings. The van der Waals surface area contributed by atoms with Gasteiger partial charge < -0.3 is 5.73 Å². The largest absolute Gasteiger partial charge is 0.398 e. The Labute approximate surface area is 75.8 Å². The summed E-state index contributed by atoms with van der Waals surface area (Å²) in [5, 5.41) is 6.68. The molecule has 0 radical (unpaired) electrons. The van der Waals surface area contributed by atoms with Crippen LogP contribution >= 0.6 is 0 Å². The predicted octanol–water partition coefficient (Wildman–Crippen LogP) is 1.36. The average Bonchev–Trinajstić information content (AvgIpc) is 2.62. The number of nitrogens with one attached hydrogen (secondary N) is 1. The quantitative estimate of drug-likeness (QED) is 0.686. The van der Waals surface area contributed by atoms with Crippen molar-refractivity contribution < 1.29 is 0 Å². The predicted molar refractivity (Wildman–Crippen MR) is 51.0 cm³/mol. The molecule has 0 aliphatic carbocycles. The minimum Gasteiger partial charge on any atom is -0.398 e. The molecule has 13 heavy (non-hydrogen) atoms. The number of nitrogens with zero attached hydrogens (tertiary/aromatic N) is 2. The minimum atomic E-state index is 0.750. The number of nitrogens with two attached hydrogens (primary N) is 1. The molecule has 2 aromatic heterocycles. The van der Waals surface area contributed by atoms with Gasteiger partial charge in [-0.3, -0.25) is 10.1 Å². The summed E-state index contributed by atoms with van der Waals surface area (Å²) in [6.45, 7) is 1.93. The normalized spacial score (nSPS) is 10.2. The fraction of sp³-hybridized carbons (Fsp3) is 0.111. The average molecular weight is 174 g/mol. The van der Waals surface area contributed by atoms with E-state index >= 15 is 0 Å². The van der Waals surface area contributed by atoms with Crippen LogP contribution in [0.1, 0.15) is 5.56 Å². The maximum atomic E-state index is 5.75. The maximum absolute atomic E-state index is 5.75. The third-order valence-electron chi connectivity index (χ3n) is 1.92. The summed E-state index contributed by atoms with van der Waals surface area (Å²) in [5.41, 5.74) is 9.19. The van der Waals surface area contributed by atoms with Crippen molar-refractivity contribution >= 4 is 5.69 Å². The third kappa shape index (κ3) is 1.38. The molecule has 0 bridgehead atoms. The zero-order valence-corrected chi connectivity index (χ0v) is 7.28. The number of H-pyrrole nitrogens is 1. The molecule has 0 fully saturated rings. The van der Waals surface area contributed by atoms with Gasteiger partial charge >= 0.3 is 0 Å². The van der Waals surface area contributed by atoms with Crippen molar-refractivity contribution in [2.45, 2.75) is 6.92 Å². The molecule has 0 unspecified atom stereocenters. The molecular weight excluding hydrogens is 164 g/mol. The van der Waals surface area contributed by atoms with E-state index in [1.807, 2.05) is 19.1 Å². The first-order chi connectivity index (χ1) is 6.27. The summed E-state index contributed by atoms with van der Waals surface area (Å²) < 4.78 is 0. The van der Waals surface area contributed by atoms with Crippen molar-refractivity contribution in [3.05, 3.63) is 30.1 Å². The molecule has 0 amide bonds. The molecule has 0 atom stereocenters. The van der Waals surface area contributed by atoms with Crippen molar-refractivity contribution in [3.63, 3.8) is 0 Å². The first-order valence-electron chi connectivity index (χ1n) is 3.99. The first-order valence-corrected chi connectivity index (χ1v) is 3.99. The van der Waals surface area contributed by atoms with Gasteiger partial charge in [-0.2, -0.15) is 5.10 Å². The standard InChI is InChI=1S/C9H10N4/c1-6-5-11-9(4-7(6)10)8-2-3-12-13-8/h2-5H,1H3,(H2,10,11)(H,12,13). The Balaban J connectivity index is 2.49. The van der Waals surface area contributed by atoms with Crippen molar-refractivity contribution in [1.29, 1.82) is 0 Å². The zero-order valence-electron chi connectivity index (χ0n) is 7.28. The van der Waals surface area contributed by atoms with E-state index in [0.29, 0.717) is 0 Å². The fourth-order valence-corrected chi connectivity index (χ4v) is 1.09. The zero-order chi connectivity index (χ0) is 9.26. The Kier molecular flexibility index (Phi) is 1.73. The fourth-order valence-electron chi connectivity index (χ4n) is 1.09. The van der Waals surface area contributed by atoms with Gasteiger partial charge in [-0.15, -0.1) is 0 Å². The number of hydrogen-bond acceptors (Lipinski definition) is 3. The van der Waals surface area contributed by atoms with E-state index in [0.717, 1.165) is 22.6 Å². The van der Waals surface area contributed by atoms with Gasteiger partial charge in [0.05, 0.1) is 11.4 Å². The molecule has 0 aromatic carbocycles. The summed E-state index contributed by atoms with van der Waals surface area (Å²) in [5.74, 6) is 0. The van der Waals surface area contributed by atoms with E-state index in [1.54, 1.807) is 12.4 Å². The Bertz CT molecular complexity index is 406. The van der Waals surface area contributed by atoms with Gasteiger partial charge in [-0.1, -0.05) is 0 Å². The maximum Gasteiger partial charge on any atom is 0.0901 e. The second kappa shape index (κ2) is 2.90. The lowest BCUT2D eigenvalue weighted by Gasteiger charge is -2.01. The monoisotopic (exact) mass is 174 g/mol. The highest BCUT2D eigenvalue weighted by Gasteiger charge is 2.01. The highest BCUT2D eigenvalue weighted by Crippen LogP contribution is 2.18. The van der Waals surface area contributed by atoms with Crippen molar-refractivity contribution in [2.75, 3.05) is 5.73 Å². The molecule has 2 rings (SSSR count). The number of rotatable bonds is 1. The molecule has 0 saturated carbocycles. The van der Waals surface area contributed by atoms with E-state index in [2.05, 4.69) is 15.2 Å². The molecule has 0 aliphatic heterocycles. The van der Waals surface area contributed by atoms with Gasteiger partial charge in [0.2, 0.25) is 0 Å². The van der Waals surface area contributed by atoms with Gasteiger partial charge in [0.15, 0.2) is 0 Å². The van der Waals surface area contributed by atoms with E-state index in [4.69, 9.17) is 5.73 Å². The minimum absolute atomic E-state index is 0.750. The van der Waals surface area contributed by atoms with Crippen LogP contribution in [0, 0.1) is 6.92 Å². The summed E-state index contributed by atoms with van der Waals surface area (Å²) in [7, 11) is 0. The van der Waals surface area contributed by atoms with Crippen molar-refractivity contribution in [1.82, 2.24) is 15.2 Å². The van der Waals surface area contributed by atoms with E-state index in [-0.39, 0.29) is 0 Å². The van der Waals surface area contributed by atoms with Crippen LogP contribution in [-0.4, -0.2) is 15.2 Å². The van der Waals surface area contributed by atoms with Gasteiger partial charge in [0, 0.05) is 18.1 Å². The third-order valence-corrected chi connectivity index (χ3v) is 1.92. The molecule has 3 N–H and O–H groups in total. The van der Waals surface area contributed by atoms with Crippen LogP contribution in [0.3, 0.4) is 0 Å². The Hall–Kier alpha value is -1.84. The number of hydrogen-bond donors (Lipinski definition) is 2. The van der Waals surface area contributed by atoms with Gasteiger partial charge in [-0.05, 0) is 24.6 Å². The molecule has 2 heterocycles. The molecular formula is C9H10N4. The Morgan fingerprint density at radius 3 is 2.92 bits per heavy atom. The summed E-state index contributed by atoms with van der Waals surface area (Å²) in [4.78, 5) is 4.23. The SMILES string of the molecule is Cc1cnc(-c2ccn[nH]2)cc1N. The number of pyridine rings is 1. The van der Waals surface area contributed by atoms with Crippen LogP contribution in [0.5, 0.6) is 0 Å². The number of aromatic amines is 1. The number of nitrogen functional groups attached to an aromatic ring is 1. The Morgan fingerprint density at radius 1 is 1.46 bits per heavy atom. The number of aromatic nitrogens is 3. The smallest absolute Gasteiger partial charge is 0.0901 e. The number of aryl methyl sites for hydroxylation is 1. The van der Waals surface area contributed by atoms with E-state index < -0.39 is 0 Å². The van der Waals surface area contributed by atoms with E-state index in [1.165, 1.54) is 0 Å². The highest BCUT2D eigenvalue weighted by molar-refractivity contribution is 5.60. The van der Waals surface area contributed by atoms with Crippen LogP contribution < -0.4 is 5.73 Å². The second-order valence-electron chi connectivity index (χ2n) is 2.90. The molecule has 0 spiro atoms. The molecule has 0 saturated heterocycles. The Morgan fingerprint density at radius 2 is 2.31 bits per heavy atom. The lowest BCUT2D eigenvalue weighted by atomic mass is 10.2. The summed E-state index contributed by atoms with van der Waals surface area (Å²) in [6.07, 6.45) is 3.44. The summed E-state index contributed by atoms with van der Waals surface area (Å²) >= 11 is 0. The lowest BCUT2D eigenvalue weighted by molar-refractivity contribution is 1.08. The van der Waals surface area contributed by atoms with E-state index in [9.17, 15) is 0 Å². The lowest BCUT2D eigenvalue weighted by Crippen LogP contribution is -1.92. The second-order valence-corrected chi connectivity index (χ2v) is 2.90. The molecule has 2 aromatic rings. The van der Waals surface area contributed by atoms with Crippen molar-refractivity contribution in [3.8, 4) is 11.4 Å². The van der Waals surface area contributed by atoms with Gasteiger partial charge in [-0.25, -0.2) is 0 Å².